The number of sulfone groups is 1. The number of hydrogen-bond donors (Lipinski definition) is 3. The molecule has 1 unspecified atom stereocenters. The number of amides is 3. The molecule has 2 fully saturated rings. The van der Waals surface area contributed by atoms with Gasteiger partial charge in [-0.05, 0) is 77.8 Å². The lowest BCUT2D eigenvalue weighted by Crippen LogP contribution is -2.45. The Labute approximate surface area is 306 Å². The highest BCUT2D eigenvalue weighted by Crippen LogP contribution is 2.48. The highest BCUT2D eigenvalue weighted by atomic mass is 32.2. The number of nitrogens with one attached hydrogen (secondary N) is 3. The maximum Gasteiger partial charge on any atom is 0.407 e. The standard InChI is InChI=1S/C39H41N3O8S2/c43-35(42-50-37-16-5-7-20-48-37)23-39(19-6-8-21-52(39,46)47)34-18-17-33(51-34)26-10-9-11-27(22-26)41-36(44)24-40-38(45)49-25-32-30-14-3-1-12-28(30)29-13-2-4-15-31(29)32/h1-4,9-15,17-18,22,32,37H,5-8,16,19-21,23-25H2,(H,40,45)(H,41,44)(H,42,43)/t37?,39-/m0/s1. The molecule has 13 heteroatoms. The van der Waals surface area contributed by atoms with Crippen LogP contribution in [0.5, 0.6) is 0 Å². The Morgan fingerprint density at radius 3 is 2.37 bits per heavy atom. The normalized spacial score (nSPS) is 20.7. The maximum absolute atomic E-state index is 13.7. The number of anilines is 1. The van der Waals surface area contributed by atoms with Crippen LogP contribution in [-0.2, 0) is 38.5 Å². The number of alkyl carbamates (subject to hydrolysis) is 1. The molecule has 0 spiro atoms. The molecule has 272 valence electrons. The van der Waals surface area contributed by atoms with Crippen molar-refractivity contribution in [1.29, 1.82) is 0 Å². The van der Waals surface area contributed by atoms with Gasteiger partial charge in [0.05, 0.1) is 12.2 Å². The predicted molar refractivity (Wildman–Crippen MR) is 198 cm³/mol. The van der Waals surface area contributed by atoms with Gasteiger partial charge in [0, 0.05) is 34.4 Å². The fourth-order valence-electron chi connectivity index (χ4n) is 7.34. The fourth-order valence-corrected chi connectivity index (χ4v) is 11.1. The minimum atomic E-state index is -3.66. The topological polar surface area (TPSA) is 149 Å². The Morgan fingerprint density at radius 1 is 0.865 bits per heavy atom. The second-order valence-corrected chi connectivity index (χ2v) is 16.9. The number of hydroxylamine groups is 1. The van der Waals surface area contributed by atoms with Gasteiger partial charge in [-0.3, -0.25) is 9.59 Å². The second kappa shape index (κ2) is 15.6. The lowest BCUT2D eigenvalue weighted by atomic mass is 9.94. The third kappa shape index (κ3) is 7.63. The van der Waals surface area contributed by atoms with Crippen LogP contribution in [0.3, 0.4) is 0 Å². The summed E-state index contributed by atoms with van der Waals surface area (Å²) >= 11 is 1.32. The van der Waals surface area contributed by atoms with Crippen LogP contribution >= 0.6 is 11.3 Å². The molecule has 3 amide bonds. The zero-order chi connectivity index (χ0) is 36.1. The number of fused-ring (bicyclic) bond motifs is 3. The van der Waals surface area contributed by atoms with Crippen molar-refractivity contribution >= 4 is 44.8 Å². The average Bonchev–Trinajstić information content (AvgIpc) is 3.78. The molecule has 3 aromatic carbocycles. The monoisotopic (exact) mass is 743 g/mol. The van der Waals surface area contributed by atoms with Crippen molar-refractivity contribution in [2.75, 3.05) is 30.8 Å². The van der Waals surface area contributed by atoms with Crippen LogP contribution in [0.1, 0.15) is 66.9 Å². The van der Waals surface area contributed by atoms with E-state index >= 15 is 0 Å². The molecule has 3 heterocycles. The molecule has 4 aromatic rings. The van der Waals surface area contributed by atoms with E-state index < -0.39 is 38.8 Å². The number of hydrogen-bond acceptors (Lipinski definition) is 9. The zero-order valence-electron chi connectivity index (χ0n) is 28.6. The van der Waals surface area contributed by atoms with Gasteiger partial charge in [-0.2, -0.15) is 0 Å². The first-order valence-corrected chi connectivity index (χ1v) is 20.1. The Hall–Kier alpha value is -4.56. The van der Waals surface area contributed by atoms with Crippen molar-refractivity contribution in [2.45, 2.75) is 61.9 Å². The lowest BCUT2D eigenvalue weighted by molar-refractivity contribution is -0.200. The van der Waals surface area contributed by atoms with E-state index in [1.54, 1.807) is 24.3 Å². The van der Waals surface area contributed by atoms with E-state index in [0.717, 1.165) is 45.5 Å². The summed E-state index contributed by atoms with van der Waals surface area (Å²) in [5.74, 6) is -1.03. The summed E-state index contributed by atoms with van der Waals surface area (Å²) in [4.78, 5) is 45.4. The van der Waals surface area contributed by atoms with Gasteiger partial charge in [0.25, 0.3) is 0 Å². The predicted octanol–water partition coefficient (Wildman–Crippen LogP) is 6.65. The quantitative estimate of drug-likeness (QED) is 0.145. The molecule has 3 aliphatic rings. The smallest absolute Gasteiger partial charge is 0.407 e. The SMILES string of the molecule is O=C(C[C@]1(c2ccc(-c3cccc(NC(=O)CNC(=O)OCC4c5ccccc5-c5ccccc54)c3)s2)CCCCS1(=O)=O)NOC1CCCCO1. The summed E-state index contributed by atoms with van der Waals surface area (Å²) in [6.45, 7) is 0.408. The Bertz CT molecular complexity index is 2010. The Morgan fingerprint density at radius 2 is 1.63 bits per heavy atom. The molecule has 0 saturated carbocycles. The summed E-state index contributed by atoms with van der Waals surface area (Å²) in [6.07, 6.45) is 2.60. The first kappa shape index (κ1) is 35.8. The molecule has 11 nitrogen and oxygen atoms in total. The van der Waals surface area contributed by atoms with Crippen LogP contribution in [0.4, 0.5) is 10.5 Å². The average molecular weight is 744 g/mol. The Balaban J connectivity index is 0.961. The van der Waals surface area contributed by atoms with Crippen molar-refractivity contribution in [3.05, 3.63) is 101 Å². The third-order valence-corrected chi connectivity index (χ3v) is 14.0. The minimum absolute atomic E-state index is 0.00565. The van der Waals surface area contributed by atoms with E-state index in [9.17, 15) is 22.8 Å². The van der Waals surface area contributed by atoms with Crippen molar-refractivity contribution in [1.82, 2.24) is 10.8 Å². The number of thiophene rings is 1. The summed E-state index contributed by atoms with van der Waals surface area (Å²) < 4.78 is 37.0. The highest BCUT2D eigenvalue weighted by molar-refractivity contribution is 7.92. The van der Waals surface area contributed by atoms with Gasteiger partial charge in [-0.25, -0.2) is 23.5 Å². The van der Waals surface area contributed by atoms with Crippen LogP contribution in [0.2, 0.25) is 0 Å². The number of rotatable bonds is 11. The van der Waals surface area contributed by atoms with E-state index in [1.165, 1.54) is 11.3 Å². The lowest BCUT2D eigenvalue weighted by Gasteiger charge is -2.35. The highest BCUT2D eigenvalue weighted by Gasteiger charge is 2.49. The van der Waals surface area contributed by atoms with E-state index in [1.807, 2.05) is 48.5 Å². The first-order valence-electron chi connectivity index (χ1n) is 17.6. The summed E-state index contributed by atoms with van der Waals surface area (Å²) in [7, 11) is -3.66. The van der Waals surface area contributed by atoms with Crippen molar-refractivity contribution in [2.24, 2.45) is 0 Å². The molecule has 3 N–H and O–H groups in total. The molecule has 0 bridgehead atoms. The van der Waals surface area contributed by atoms with E-state index in [2.05, 4.69) is 28.2 Å². The molecule has 52 heavy (non-hydrogen) atoms. The number of carbonyl (C=O) groups excluding carboxylic acids is 3. The van der Waals surface area contributed by atoms with Gasteiger partial charge in [-0.1, -0.05) is 67.1 Å². The van der Waals surface area contributed by atoms with Crippen LogP contribution in [-0.4, -0.2) is 58.1 Å². The minimum Gasteiger partial charge on any atom is -0.449 e. The van der Waals surface area contributed by atoms with Crippen molar-refractivity contribution in [3.63, 3.8) is 0 Å². The molecule has 7 rings (SSSR count). The first-order chi connectivity index (χ1) is 25.2. The maximum atomic E-state index is 13.7. The molecule has 2 atom stereocenters. The van der Waals surface area contributed by atoms with Gasteiger partial charge in [-0.15, -0.1) is 11.3 Å². The Kier molecular flexibility index (Phi) is 10.7. The van der Waals surface area contributed by atoms with Gasteiger partial charge in [0.2, 0.25) is 11.8 Å². The van der Waals surface area contributed by atoms with Crippen molar-refractivity contribution < 1.29 is 37.1 Å². The van der Waals surface area contributed by atoms with Crippen LogP contribution in [0, 0.1) is 0 Å². The van der Waals surface area contributed by atoms with Gasteiger partial charge in [0.1, 0.15) is 17.9 Å². The van der Waals surface area contributed by atoms with E-state index in [4.69, 9.17) is 14.3 Å². The molecule has 1 aromatic heterocycles. The summed E-state index contributed by atoms with van der Waals surface area (Å²) in [6, 6.07) is 26.9. The molecular formula is C39H41N3O8S2. The van der Waals surface area contributed by atoms with Crippen LogP contribution < -0.4 is 16.1 Å². The fraction of sp³-hybridized carbons (Fsp3) is 0.359. The summed E-state index contributed by atoms with van der Waals surface area (Å²) in [5, 5.41) is 5.35. The van der Waals surface area contributed by atoms with Gasteiger partial charge in [0.15, 0.2) is 16.1 Å². The number of benzene rings is 3. The van der Waals surface area contributed by atoms with Crippen LogP contribution in [0.15, 0.2) is 84.9 Å². The largest absolute Gasteiger partial charge is 0.449 e. The van der Waals surface area contributed by atoms with Gasteiger partial charge < -0.3 is 20.1 Å². The zero-order valence-corrected chi connectivity index (χ0v) is 30.2. The molecule has 0 radical (unpaired) electrons. The third-order valence-electron chi connectivity index (χ3n) is 9.95. The van der Waals surface area contributed by atoms with Gasteiger partial charge >= 0.3 is 6.09 Å². The summed E-state index contributed by atoms with van der Waals surface area (Å²) in [5.41, 5.74) is 8.18. The molecular weight excluding hydrogens is 703 g/mol. The molecule has 1 aliphatic carbocycles. The molecule has 2 aliphatic heterocycles. The van der Waals surface area contributed by atoms with Crippen LogP contribution in [0.25, 0.3) is 21.6 Å². The number of ether oxygens (including phenoxy) is 2. The number of carbonyl (C=O) groups is 3. The van der Waals surface area contributed by atoms with Crippen molar-refractivity contribution in [3.8, 4) is 21.6 Å². The second-order valence-electron chi connectivity index (χ2n) is 13.4. The molecule has 2 saturated heterocycles. The van der Waals surface area contributed by atoms with E-state index in [-0.39, 0.29) is 31.2 Å². The van der Waals surface area contributed by atoms with E-state index in [0.29, 0.717) is 42.9 Å².